The zero-order chi connectivity index (χ0) is 15.7. The molecule has 21 heavy (non-hydrogen) atoms. The van der Waals surface area contributed by atoms with Gasteiger partial charge in [-0.1, -0.05) is 13.8 Å². The van der Waals surface area contributed by atoms with Gasteiger partial charge in [0, 0.05) is 26.1 Å². The smallest absolute Gasteiger partial charge is 0.314 e. The Morgan fingerprint density at radius 1 is 1.33 bits per heavy atom. The second-order valence-corrected chi connectivity index (χ2v) is 6.01. The number of carboxylic acid groups (broad SMARTS) is 1. The molecule has 6 nitrogen and oxygen atoms in total. The number of amides is 2. The first-order valence-electron chi connectivity index (χ1n) is 7.97. The van der Waals surface area contributed by atoms with Crippen molar-refractivity contribution in [1.29, 1.82) is 0 Å². The molecule has 0 aliphatic carbocycles. The van der Waals surface area contributed by atoms with Crippen LogP contribution >= 0.6 is 0 Å². The van der Waals surface area contributed by atoms with E-state index in [1.807, 2.05) is 6.92 Å². The molecule has 0 aromatic heterocycles. The third-order valence-corrected chi connectivity index (χ3v) is 4.14. The van der Waals surface area contributed by atoms with Crippen molar-refractivity contribution in [2.45, 2.75) is 39.5 Å². The normalized spacial score (nSPS) is 20.2. The highest BCUT2D eigenvalue weighted by Gasteiger charge is 2.21. The van der Waals surface area contributed by atoms with Gasteiger partial charge in [-0.25, -0.2) is 4.79 Å². The lowest BCUT2D eigenvalue weighted by Gasteiger charge is -2.15. The van der Waals surface area contributed by atoms with E-state index >= 15 is 0 Å². The molecule has 3 N–H and O–H groups in total. The molecule has 0 radical (unpaired) electrons. The van der Waals surface area contributed by atoms with E-state index in [4.69, 9.17) is 5.11 Å². The lowest BCUT2D eigenvalue weighted by molar-refractivity contribution is -0.137. The number of hydrogen-bond acceptors (Lipinski definition) is 3. The molecule has 1 aliphatic heterocycles. The van der Waals surface area contributed by atoms with Gasteiger partial charge in [-0.05, 0) is 44.2 Å². The fraction of sp³-hybridized carbons (Fsp3) is 0.867. The van der Waals surface area contributed by atoms with Crippen LogP contribution in [0.3, 0.4) is 0 Å². The Morgan fingerprint density at radius 3 is 2.71 bits per heavy atom. The number of aliphatic carboxylic acids is 1. The number of hydrogen-bond donors (Lipinski definition) is 3. The Balaban J connectivity index is 2.02. The predicted molar refractivity (Wildman–Crippen MR) is 82.3 cm³/mol. The number of carbonyl (C=O) groups is 2. The quantitative estimate of drug-likeness (QED) is 0.603. The minimum atomic E-state index is -0.759. The van der Waals surface area contributed by atoms with Crippen LogP contribution in [0.15, 0.2) is 0 Å². The summed E-state index contributed by atoms with van der Waals surface area (Å²) < 4.78 is 0. The second kappa shape index (κ2) is 9.60. The van der Waals surface area contributed by atoms with Crippen LogP contribution in [0.5, 0.6) is 0 Å². The third kappa shape index (κ3) is 7.90. The number of rotatable bonds is 9. The SMILES string of the molecule is CCN1CCC(CNC(=O)NCCC(C)CCC(=O)O)C1. The lowest BCUT2D eigenvalue weighted by Crippen LogP contribution is -2.39. The number of likely N-dealkylation sites (tertiary alicyclic amines) is 1. The van der Waals surface area contributed by atoms with Gasteiger partial charge in [-0.3, -0.25) is 4.79 Å². The highest BCUT2D eigenvalue weighted by atomic mass is 16.4. The number of carboxylic acids is 1. The molecular weight excluding hydrogens is 270 g/mol. The topological polar surface area (TPSA) is 81.7 Å². The summed E-state index contributed by atoms with van der Waals surface area (Å²) in [5.41, 5.74) is 0. The molecule has 1 rings (SSSR count). The van der Waals surface area contributed by atoms with Gasteiger partial charge in [0.05, 0.1) is 0 Å². The first-order chi connectivity index (χ1) is 10.0. The lowest BCUT2D eigenvalue weighted by atomic mass is 10.0. The third-order valence-electron chi connectivity index (χ3n) is 4.14. The van der Waals surface area contributed by atoms with Crippen molar-refractivity contribution in [3.63, 3.8) is 0 Å². The molecule has 1 saturated heterocycles. The van der Waals surface area contributed by atoms with Gasteiger partial charge >= 0.3 is 12.0 Å². The van der Waals surface area contributed by atoms with Gasteiger partial charge in [0.25, 0.3) is 0 Å². The standard InChI is InChI=1S/C15H29N3O3/c1-3-18-9-7-13(11-18)10-17-15(21)16-8-6-12(2)4-5-14(19)20/h12-13H,3-11H2,1-2H3,(H,19,20)(H2,16,17,21). The average Bonchev–Trinajstić information content (AvgIpc) is 2.91. The van der Waals surface area contributed by atoms with E-state index in [9.17, 15) is 9.59 Å². The fourth-order valence-corrected chi connectivity index (χ4v) is 2.61. The maximum atomic E-state index is 11.7. The molecular formula is C15H29N3O3. The Bertz CT molecular complexity index is 336. The van der Waals surface area contributed by atoms with Gasteiger partial charge in [-0.15, -0.1) is 0 Å². The first kappa shape index (κ1) is 17.8. The highest BCUT2D eigenvalue weighted by molar-refractivity contribution is 5.73. The highest BCUT2D eigenvalue weighted by Crippen LogP contribution is 2.14. The summed E-state index contributed by atoms with van der Waals surface area (Å²) in [7, 11) is 0. The van der Waals surface area contributed by atoms with Crippen molar-refractivity contribution >= 4 is 12.0 Å². The van der Waals surface area contributed by atoms with Crippen LogP contribution in [0.1, 0.15) is 39.5 Å². The molecule has 0 spiro atoms. The summed E-state index contributed by atoms with van der Waals surface area (Å²) in [5.74, 6) is 0.116. The Labute approximate surface area is 127 Å². The van der Waals surface area contributed by atoms with Gasteiger partial charge in [0.15, 0.2) is 0 Å². The number of urea groups is 1. The van der Waals surface area contributed by atoms with Gasteiger partial charge in [0.1, 0.15) is 0 Å². The van der Waals surface area contributed by atoms with Crippen molar-refractivity contribution < 1.29 is 14.7 Å². The van der Waals surface area contributed by atoms with Crippen LogP contribution < -0.4 is 10.6 Å². The molecule has 0 aromatic carbocycles. The maximum absolute atomic E-state index is 11.7. The van der Waals surface area contributed by atoms with E-state index in [1.54, 1.807) is 0 Å². The zero-order valence-electron chi connectivity index (χ0n) is 13.2. The van der Waals surface area contributed by atoms with E-state index in [0.717, 1.165) is 39.0 Å². The Kier molecular flexibility index (Phi) is 8.12. The van der Waals surface area contributed by atoms with Crippen molar-refractivity contribution in [3.8, 4) is 0 Å². The number of carbonyl (C=O) groups excluding carboxylic acids is 1. The molecule has 6 heteroatoms. The Hall–Kier alpha value is -1.30. The van der Waals surface area contributed by atoms with Crippen molar-refractivity contribution in [2.24, 2.45) is 11.8 Å². The maximum Gasteiger partial charge on any atom is 0.314 e. The predicted octanol–water partition coefficient (Wildman–Crippen LogP) is 1.52. The van der Waals surface area contributed by atoms with Crippen LogP contribution in [0, 0.1) is 11.8 Å². The largest absolute Gasteiger partial charge is 0.481 e. The molecule has 1 aliphatic rings. The molecule has 122 valence electrons. The molecule has 2 unspecified atom stereocenters. The monoisotopic (exact) mass is 299 g/mol. The second-order valence-electron chi connectivity index (χ2n) is 6.01. The van der Waals surface area contributed by atoms with Crippen molar-refractivity contribution in [3.05, 3.63) is 0 Å². The van der Waals surface area contributed by atoms with E-state index in [1.165, 1.54) is 0 Å². The minimum Gasteiger partial charge on any atom is -0.481 e. The minimum absolute atomic E-state index is 0.115. The fourth-order valence-electron chi connectivity index (χ4n) is 2.61. The van der Waals surface area contributed by atoms with E-state index in [-0.39, 0.29) is 12.5 Å². The van der Waals surface area contributed by atoms with Crippen LogP contribution in [0.2, 0.25) is 0 Å². The summed E-state index contributed by atoms with van der Waals surface area (Å²) in [4.78, 5) is 24.5. The summed E-state index contributed by atoms with van der Waals surface area (Å²) in [6.45, 7) is 8.79. The molecule has 1 fully saturated rings. The van der Waals surface area contributed by atoms with E-state index in [0.29, 0.717) is 24.8 Å². The summed E-state index contributed by atoms with van der Waals surface area (Å²) in [6.07, 6.45) is 2.82. The van der Waals surface area contributed by atoms with Gasteiger partial charge < -0.3 is 20.6 Å². The summed E-state index contributed by atoms with van der Waals surface area (Å²) in [5, 5.41) is 14.4. The molecule has 1 heterocycles. The van der Waals surface area contributed by atoms with Crippen molar-refractivity contribution in [1.82, 2.24) is 15.5 Å². The molecule has 0 aromatic rings. The number of nitrogens with one attached hydrogen (secondary N) is 2. The summed E-state index contributed by atoms with van der Waals surface area (Å²) in [6, 6.07) is -0.115. The van der Waals surface area contributed by atoms with Crippen LogP contribution in [-0.4, -0.2) is 54.7 Å². The van der Waals surface area contributed by atoms with Crippen molar-refractivity contribution in [2.75, 3.05) is 32.7 Å². The zero-order valence-corrected chi connectivity index (χ0v) is 13.2. The van der Waals surface area contributed by atoms with Gasteiger partial charge in [-0.2, -0.15) is 0 Å². The molecule has 2 amide bonds. The van der Waals surface area contributed by atoms with E-state index < -0.39 is 5.97 Å². The average molecular weight is 299 g/mol. The molecule has 2 atom stereocenters. The van der Waals surface area contributed by atoms with Crippen LogP contribution in [0.4, 0.5) is 4.79 Å². The first-order valence-corrected chi connectivity index (χ1v) is 7.97. The number of nitrogens with zero attached hydrogens (tertiary/aromatic N) is 1. The molecule has 0 bridgehead atoms. The summed E-state index contributed by atoms with van der Waals surface area (Å²) >= 11 is 0. The Morgan fingerprint density at radius 2 is 2.10 bits per heavy atom. The van der Waals surface area contributed by atoms with Crippen LogP contribution in [-0.2, 0) is 4.79 Å². The van der Waals surface area contributed by atoms with E-state index in [2.05, 4.69) is 22.5 Å². The molecule has 0 saturated carbocycles. The van der Waals surface area contributed by atoms with Crippen LogP contribution in [0.25, 0.3) is 0 Å². The van der Waals surface area contributed by atoms with Gasteiger partial charge in [0.2, 0.25) is 0 Å².